The van der Waals surface area contributed by atoms with Gasteiger partial charge in [0.15, 0.2) is 0 Å². The lowest BCUT2D eigenvalue weighted by Crippen LogP contribution is -2.46. The van der Waals surface area contributed by atoms with Gasteiger partial charge in [0, 0.05) is 64.7 Å². The van der Waals surface area contributed by atoms with Gasteiger partial charge in [-0.15, -0.1) is 0 Å². The number of hydrogen-bond donors (Lipinski definition) is 1. The van der Waals surface area contributed by atoms with Gasteiger partial charge in [0.05, 0.1) is 5.69 Å². The number of aliphatic hydroxyl groups excluding tert-OH is 1. The highest BCUT2D eigenvalue weighted by molar-refractivity contribution is 5.50. The molecule has 4 rings (SSSR count). The molecule has 0 aromatic carbocycles. The molecule has 2 aliphatic heterocycles. The van der Waals surface area contributed by atoms with E-state index >= 15 is 0 Å². The van der Waals surface area contributed by atoms with Crippen molar-refractivity contribution in [1.29, 1.82) is 0 Å². The van der Waals surface area contributed by atoms with Gasteiger partial charge in [0.1, 0.15) is 18.0 Å². The SMILES string of the molecule is OCC1CCCN(c2cc(N3CCN(Cc4ccccn4)CC3)ncn2)C1. The number of nitrogens with zero attached hydrogens (tertiary/aromatic N) is 6. The van der Waals surface area contributed by atoms with E-state index < -0.39 is 0 Å². The van der Waals surface area contributed by atoms with Crippen LogP contribution in [0.1, 0.15) is 18.5 Å². The number of rotatable bonds is 5. The van der Waals surface area contributed by atoms with Crippen LogP contribution in [0.4, 0.5) is 11.6 Å². The van der Waals surface area contributed by atoms with Crippen molar-refractivity contribution in [3.05, 3.63) is 42.5 Å². The number of aliphatic hydroxyl groups is 1. The van der Waals surface area contributed by atoms with E-state index in [4.69, 9.17) is 0 Å². The first kappa shape index (κ1) is 18.1. The topological polar surface area (TPSA) is 68.6 Å². The number of piperidine rings is 1. The predicted molar refractivity (Wildman–Crippen MR) is 106 cm³/mol. The van der Waals surface area contributed by atoms with Crippen molar-refractivity contribution in [3.63, 3.8) is 0 Å². The van der Waals surface area contributed by atoms with Gasteiger partial charge < -0.3 is 14.9 Å². The summed E-state index contributed by atoms with van der Waals surface area (Å²) in [5.41, 5.74) is 1.12. The average molecular weight is 368 g/mol. The first-order valence-electron chi connectivity index (χ1n) is 9.87. The van der Waals surface area contributed by atoms with E-state index in [2.05, 4.69) is 41.8 Å². The summed E-state index contributed by atoms with van der Waals surface area (Å²) < 4.78 is 0. The number of aromatic nitrogens is 3. The lowest BCUT2D eigenvalue weighted by molar-refractivity contribution is 0.208. The summed E-state index contributed by atoms with van der Waals surface area (Å²) in [6.45, 7) is 6.98. The zero-order chi connectivity index (χ0) is 18.5. The molecule has 0 spiro atoms. The molecular weight excluding hydrogens is 340 g/mol. The number of hydrogen-bond acceptors (Lipinski definition) is 7. The molecule has 2 aliphatic rings. The molecule has 2 aromatic heterocycles. The van der Waals surface area contributed by atoms with Gasteiger partial charge in [-0.1, -0.05) is 6.07 Å². The maximum Gasteiger partial charge on any atom is 0.134 e. The van der Waals surface area contributed by atoms with Crippen molar-refractivity contribution < 1.29 is 5.11 Å². The van der Waals surface area contributed by atoms with Crippen LogP contribution in [-0.4, -0.2) is 70.8 Å². The summed E-state index contributed by atoms with van der Waals surface area (Å²) in [5, 5.41) is 9.47. The fourth-order valence-corrected chi connectivity index (χ4v) is 3.96. The quantitative estimate of drug-likeness (QED) is 0.856. The van der Waals surface area contributed by atoms with Crippen molar-refractivity contribution >= 4 is 11.6 Å². The highest BCUT2D eigenvalue weighted by atomic mass is 16.3. The minimum absolute atomic E-state index is 0.257. The molecule has 144 valence electrons. The normalized spacial score (nSPS) is 21.4. The van der Waals surface area contributed by atoms with E-state index in [1.165, 1.54) is 0 Å². The highest BCUT2D eigenvalue weighted by Gasteiger charge is 2.23. The predicted octanol–water partition coefficient (Wildman–Crippen LogP) is 1.40. The summed E-state index contributed by atoms with van der Waals surface area (Å²) >= 11 is 0. The van der Waals surface area contributed by atoms with Gasteiger partial charge in [-0.25, -0.2) is 9.97 Å². The molecule has 7 nitrogen and oxygen atoms in total. The summed E-state index contributed by atoms with van der Waals surface area (Å²) in [7, 11) is 0. The van der Waals surface area contributed by atoms with Crippen LogP contribution in [0.15, 0.2) is 36.8 Å². The Kier molecular flexibility index (Phi) is 5.79. The van der Waals surface area contributed by atoms with Crippen LogP contribution in [0.25, 0.3) is 0 Å². The van der Waals surface area contributed by atoms with Gasteiger partial charge >= 0.3 is 0 Å². The van der Waals surface area contributed by atoms with E-state index in [1.807, 2.05) is 18.3 Å². The zero-order valence-corrected chi connectivity index (χ0v) is 15.7. The van der Waals surface area contributed by atoms with Gasteiger partial charge in [0.2, 0.25) is 0 Å². The average Bonchev–Trinajstić information content (AvgIpc) is 2.75. The van der Waals surface area contributed by atoms with Crippen molar-refractivity contribution in [3.8, 4) is 0 Å². The molecule has 0 saturated carbocycles. The fourth-order valence-electron chi connectivity index (χ4n) is 3.96. The number of anilines is 2. The van der Waals surface area contributed by atoms with Crippen LogP contribution >= 0.6 is 0 Å². The molecule has 1 unspecified atom stereocenters. The monoisotopic (exact) mass is 368 g/mol. The molecule has 0 bridgehead atoms. The minimum atomic E-state index is 0.257. The maximum atomic E-state index is 9.47. The van der Waals surface area contributed by atoms with E-state index in [0.29, 0.717) is 5.92 Å². The van der Waals surface area contributed by atoms with E-state index in [-0.39, 0.29) is 6.61 Å². The van der Waals surface area contributed by atoms with E-state index in [0.717, 1.165) is 76.0 Å². The smallest absolute Gasteiger partial charge is 0.134 e. The molecule has 2 fully saturated rings. The number of pyridine rings is 1. The summed E-state index contributed by atoms with van der Waals surface area (Å²) in [6, 6.07) is 8.19. The highest BCUT2D eigenvalue weighted by Crippen LogP contribution is 2.24. The standard InChI is InChI=1S/C20H28N6O/c27-15-17-4-3-7-26(13-17)20-12-19(22-16-23-20)25-10-8-24(9-11-25)14-18-5-1-2-6-21-18/h1-2,5-6,12,16-17,27H,3-4,7-11,13-15H2. The fraction of sp³-hybridized carbons (Fsp3) is 0.550. The Morgan fingerprint density at radius 2 is 1.78 bits per heavy atom. The van der Waals surface area contributed by atoms with E-state index in [9.17, 15) is 5.11 Å². The van der Waals surface area contributed by atoms with Crippen molar-refractivity contribution in [2.24, 2.45) is 5.92 Å². The summed E-state index contributed by atoms with van der Waals surface area (Å²) in [4.78, 5) is 20.5. The first-order chi connectivity index (χ1) is 13.3. The van der Waals surface area contributed by atoms with Gasteiger partial charge in [-0.05, 0) is 30.9 Å². The zero-order valence-electron chi connectivity index (χ0n) is 15.7. The molecule has 0 amide bonds. The Labute approximate surface area is 160 Å². The minimum Gasteiger partial charge on any atom is -0.396 e. The molecule has 4 heterocycles. The Morgan fingerprint density at radius 3 is 2.52 bits per heavy atom. The molecule has 27 heavy (non-hydrogen) atoms. The van der Waals surface area contributed by atoms with Crippen LogP contribution in [-0.2, 0) is 6.54 Å². The molecule has 0 radical (unpaired) electrons. The molecule has 0 aliphatic carbocycles. The van der Waals surface area contributed by atoms with Crippen molar-refractivity contribution in [1.82, 2.24) is 19.9 Å². The maximum absolute atomic E-state index is 9.47. The Balaban J connectivity index is 1.36. The third-order valence-electron chi connectivity index (χ3n) is 5.55. The van der Waals surface area contributed by atoms with Crippen LogP contribution in [0.2, 0.25) is 0 Å². The van der Waals surface area contributed by atoms with E-state index in [1.54, 1.807) is 6.33 Å². The molecule has 2 aromatic rings. The Hall–Kier alpha value is -2.25. The second-order valence-corrected chi connectivity index (χ2v) is 7.46. The van der Waals surface area contributed by atoms with Gasteiger partial charge in [0.25, 0.3) is 0 Å². The Bertz CT molecular complexity index is 719. The lowest BCUT2D eigenvalue weighted by Gasteiger charge is -2.36. The van der Waals surface area contributed by atoms with Crippen LogP contribution < -0.4 is 9.80 Å². The van der Waals surface area contributed by atoms with Crippen molar-refractivity contribution in [2.45, 2.75) is 19.4 Å². The van der Waals surface area contributed by atoms with Crippen LogP contribution in [0.5, 0.6) is 0 Å². The lowest BCUT2D eigenvalue weighted by atomic mass is 9.99. The van der Waals surface area contributed by atoms with Crippen LogP contribution in [0.3, 0.4) is 0 Å². The third kappa shape index (κ3) is 4.54. The molecule has 1 N–H and O–H groups in total. The van der Waals surface area contributed by atoms with Crippen LogP contribution in [0, 0.1) is 5.92 Å². The Morgan fingerprint density at radius 1 is 0.963 bits per heavy atom. The molecule has 1 atom stereocenters. The second kappa shape index (κ2) is 8.63. The van der Waals surface area contributed by atoms with Gasteiger partial charge in [-0.2, -0.15) is 0 Å². The molecule has 2 saturated heterocycles. The second-order valence-electron chi connectivity index (χ2n) is 7.46. The number of piperazine rings is 1. The van der Waals surface area contributed by atoms with Crippen molar-refractivity contribution in [2.75, 3.05) is 55.7 Å². The summed E-state index contributed by atoms with van der Waals surface area (Å²) in [5.74, 6) is 2.34. The third-order valence-corrected chi connectivity index (χ3v) is 5.55. The molecular formula is C20H28N6O. The summed E-state index contributed by atoms with van der Waals surface area (Å²) in [6.07, 6.45) is 5.74. The van der Waals surface area contributed by atoms with Gasteiger partial charge in [-0.3, -0.25) is 9.88 Å². The largest absolute Gasteiger partial charge is 0.396 e. The first-order valence-corrected chi connectivity index (χ1v) is 9.87. The molecule has 7 heteroatoms.